The standard InChI is InChI=1S/C17H23NS/c1-5-15-7-8-16(19-15)11-18-14(4)17-9-6-12(2)10-13(17)3/h6-10,14,18H,5,11H2,1-4H3. The molecule has 0 saturated heterocycles. The lowest BCUT2D eigenvalue weighted by Gasteiger charge is -2.16. The summed E-state index contributed by atoms with van der Waals surface area (Å²) in [5, 5.41) is 3.62. The molecule has 1 N–H and O–H groups in total. The molecule has 0 saturated carbocycles. The van der Waals surface area contributed by atoms with Crippen LogP contribution < -0.4 is 5.32 Å². The number of benzene rings is 1. The summed E-state index contributed by atoms with van der Waals surface area (Å²) in [4.78, 5) is 2.89. The van der Waals surface area contributed by atoms with Crippen molar-refractivity contribution in [3.63, 3.8) is 0 Å². The van der Waals surface area contributed by atoms with Gasteiger partial charge in [0.25, 0.3) is 0 Å². The second kappa shape index (κ2) is 6.36. The van der Waals surface area contributed by atoms with Crippen LogP contribution in [0.3, 0.4) is 0 Å². The topological polar surface area (TPSA) is 12.0 Å². The first-order valence-corrected chi connectivity index (χ1v) is 7.80. The van der Waals surface area contributed by atoms with Crippen molar-refractivity contribution >= 4 is 11.3 Å². The number of aryl methyl sites for hydroxylation is 3. The third kappa shape index (κ3) is 3.68. The van der Waals surface area contributed by atoms with Gasteiger partial charge in [-0.3, -0.25) is 0 Å². The smallest absolute Gasteiger partial charge is 0.0305 e. The van der Waals surface area contributed by atoms with Gasteiger partial charge in [-0.1, -0.05) is 30.7 Å². The van der Waals surface area contributed by atoms with E-state index in [2.05, 4.69) is 63.3 Å². The van der Waals surface area contributed by atoms with Crippen LogP contribution in [-0.2, 0) is 13.0 Å². The van der Waals surface area contributed by atoms with E-state index in [1.54, 1.807) is 0 Å². The number of nitrogens with one attached hydrogen (secondary N) is 1. The molecule has 2 rings (SSSR count). The van der Waals surface area contributed by atoms with E-state index in [1.165, 1.54) is 26.4 Å². The van der Waals surface area contributed by atoms with Crippen molar-refractivity contribution in [1.82, 2.24) is 5.32 Å². The Labute approximate surface area is 120 Å². The molecule has 19 heavy (non-hydrogen) atoms. The maximum absolute atomic E-state index is 3.62. The van der Waals surface area contributed by atoms with E-state index in [9.17, 15) is 0 Å². The summed E-state index contributed by atoms with van der Waals surface area (Å²) in [6.45, 7) is 9.75. The third-order valence-corrected chi connectivity index (χ3v) is 4.77. The van der Waals surface area contributed by atoms with Crippen molar-refractivity contribution in [1.29, 1.82) is 0 Å². The van der Waals surface area contributed by atoms with E-state index in [-0.39, 0.29) is 0 Å². The maximum Gasteiger partial charge on any atom is 0.0305 e. The van der Waals surface area contributed by atoms with Crippen molar-refractivity contribution in [3.05, 3.63) is 56.8 Å². The molecule has 2 aromatic rings. The molecule has 0 radical (unpaired) electrons. The summed E-state index contributed by atoms with van der Waals surface area (Å²) >= 11 is 1.91. The molecule has 0 spiro atoms. The predicted octanol–water partition coefficient (Wildman–Crippen LogP) is 4.78. The van der Waals surface area contributed by atoms with Gasteiger partial charge in [0.15, 0.2) is 0 Å². The lowest BCUT2D eigenvalue weighted by atomic mass is 10.0. The first-order chi connectivity index (χ1) is 9.10. The fourth-order valence-corrected chi connectivity index (χ4v) is 3.29. The summed E-state index contributed by atoms with van der Waals surface area (Å²) in [6, 6.07) is 11.6. The van der Waals surface area contributed by atoms with E-state index in [0.29, 0.717) is 6.04 Å². The minimum atomic E-state index is 0.396. The van der Waals surface area contributed by atoms with Crippen LogP contribution in [0.1, 0.15) is 46.3 Å². The Hall–Kier alpha value is -1.12. The van der Waals surface area contributed by atoms with Gasteiger partial charge in [0, 0.05) is 22.3 Å². The van der Waals surface area contributed by atoms with Crippen LogP contribution in [0.2, 0.25) is 0 Å². The highest BCUT2D eigenvalue weighted by molar-refractivity contribution is 7.11. The molecule has 102 valence electrons. The van der Waals surface area contributed by atoms with Crippen LogP contribution in [0.5, 0.6) is 0 Å². The number of rotatable bonds is 5. The summed E-state index contributed by atoms with van der Waals surface area (Å²) < 4.78 is 0. The van der Waals surface area contributed by atoms with Crippen molar-refractivity contribution in [2.75, 3.05) is 0 Å². The van der Waals surface area contributed by atoms with Gasteiger partial charge >= 0.3 is 0 Å². The van der Waals surface area contributed by atoms with Crippen LogP contribution in [0, 0.1) is 13.8 Å². The van der Waals surface area contributed by atoms with Crippen molar-refractivity contribution < 1.29 is 0 Å². The summed E-state index contributed by atoms with van der Waals surface area (Å²) in [5.41, 5.74) is 4.11. The molecule has 1 aromatic carbocycles. The van der Waals surface area contributed by atoms with Crippen LogP contribution in [0.15, 0.2) is 30.3 Å². The molecule has 0 aliphatic rings. The Morgan fingerprint density at radius 3 is 2.47 bits per heavy atom. The van der Waals surface area contributed by atoms with Gasteiger partial charge < -0.3 is 5.32 Å². The van der Waals surface area contributed by atoms with Crippen LogP contribution in [-0.4, -0.2) is 0 Å². The average Bonchev–Trinajstić information content (AvgIpc) is 2.84. The fraction of sp³-hybridized carbons (Fsp3) is 0.412. The lowest BCUT2D eigenvalue weighted by Crippen LogP contribution is -2.18. The highest BCUT2D eigenvalue weighted by atomic mass is 32.1. The maximum atomic E-state index is 3.62. The normalized spacial score (nSPS) is 12.6. The molecule has 1 unspecified atom stereocenters. The quantitative estimate of drug-likeness (QED) is 0.827. The van der Waals surface area contributed by atoms with Crippen molar-refractivity contribution in [3.8, 4) is 0 Å². The van der Waals surface area contributed by atoms with Gasteiger partial charge in [-0.05, 0) is 50.5 Å². The second-order valence-corrected chi connectivity index (χ2v) is 6.44. The highest BCUT2D eigenvalue weighted by Crippen LogP contribution is 2.21. The molecular weight excluding hydrogens is 250 g/mol. The number of thiophene rings is 1. The van der Waals surface area contributed by atoms with Crippen molar-refractivity contribution in [2.45, 2.75) is 46.7 Å². The monoisotopic (exact) mass is 273 g/mol. The molecule has 0 amide bonds. The average molecular weight is 273 g/mol. The van der Waals surface area contributed by atoms with Gasteiger partial charge in [-0.2, -0.15) is 0 Å². The van der Waals surface area contributed by atoms with Crippen LogP contribution in [0.4, 0.5) is 0 Å². The molecular formula is C17H23NS. The van der Waals surface area contributed by atoms with Gasteiger partial charge in [0.1, 0.15) is 0 Å². The van der Waals surface area contributed by atoms with E-state index >= 15 is 0 Å². The van der Waals surface area contributed by atoms with Crippen LogP contribution in [0.25, 0.3) is 0 Å². The van der Waals surface area contributed by atoms with Crippen LogP contribution >= 0.6 is 11.3 Å². The van der Waals surface area contributed by atoms with Crippen molar-refractivity contribution in [2.24, 2.45) is 0 Å². The minimum Gasteiger partial charge on any atom is -0.305 e. The lowest BCUT2D eigenvalue weighted by molar-refractivity contribution is 0.576. The van der Waals surface area contributed by atoms with E-state index < -0.39 is 0 Å². The molecule has 0 aliphatic heterocycles. The third-order valence-electron chi connectivity index (χ3n) is 3.54. The summed E-state index contributed by atoms with van der Waals surface area (Å²) in [6.07, 6.45) is 1.14. The number of hydrogen-bond acceptors (Lipinski definition) is 2. The zero-order valence-corrected chi connectivity index (χ0v) is 13.1. The van der Waals surface area contributed by atoms with Gasteiger partial charge in [0.05, 0.1) is 0 Å². The second-order valence-electron chi connectivity index (χ2n) is 5.18. The Bertz CT molecular complexity index is 542. The van der Waals surface area contributed by atoms with Gasteiger partial charge in [0.2, 0.25) is 0 Å². The Kier molecular flexibility index (Phi) is 4.78. The Balaban J connectivity index is 1.98. The largest absolute Gasteiger partial charge is 0.305 e. The Morgan fingerprint density at radius 2 is 1.84 bits per heavy atom. The van der Waals surface area contributed by atoms with Gasteiger partial charge in [-0.15, -0.1) is 11.3 Å². The van der Waals surface area contributed by atoms with Gasteiger partial charge in [-0.25, -0.2) is 0 Å². The minimum absolute atomic E-state index is 0.396. The zero-order chi connectivity index (χ0) is 13.8. The van der Waals surface area contributed by atoms with E-state index in [1.807, 2.05) is 11.3 Å². The fourth-order valence-electron chi connectivity index (χ4n) is 2.38. The molecule has 1 heterocycles. The molecule has 2 heteroatoms. The summed E-state index contributed by atoms with van der Waals surface area (Å²) in [7, 11) is 0. The SMILES string of the molecule is CCc1ccc(CNC(C)c2ccc(C)cc2C)s1. The Morgan fingerprint density at radius 1 is 1.11 bits per heavy atom. The first-order valence-electron chi connectivity index (χ1n) is 6.98. The highest BCUT2D eigenvalue weighted by Gasteiger charge is 2.08. The zero-order valence-electron chi connectivity index (χ0n) is 12.3. The molecule has 1 aromatic heterocycles. The molecule has 0 aliphatic carbocycles. The molecule has 1 atom stereocenters. The predicted molar refractivity (Wildman–Crippen MR) is 84.9 cm³/mol. The molecule has 0 bridgehead atoms. The molecule has 1 nitrogen and oxygen atoms in total. The van der Waals surface area contributed by atoms with E-state index in [0.717, 1.165) is 13.0 Å². The van der Waals surface area contributed by atoms with E-state index in [4.69, 9.17) is 0 Å². The summed E-state index contributed by atoms with van der Waals surface area (Å²) in [5.74, 6) is 0. The number of hydrogen-bond donors (Lipinski definition) is 1. The molecule has 0 fully saturated rings. The first kappa shape index (κ1) is 14.3.